The van der Waals surface area contributed by atoms with Crippen molar-refractivity contribution in [2.75, 3.05) is 0 Å². The molecule has 0 radical (unpaired) electrons. The van der Waals surface area contributed by atoms with Crippen LogP contribution in [0.15, 0.2) is 48.5 Å². The molecule has 2 aromatic rings. The Morgan fingerprint density at radius 1 is 1.09 bits per heavy atom. The summed E-state index contributed by atoms with van der Waals surface area (Å²) in [6.07, 6.45) is 1.61. The number of halogens is 2. The maximum absolute atomic E-state index is 14.0. The normalized spacial score (nSPS) is 15.1. The lowest BCUT2D eigenvalue weighted by Gasteiger charge is -2.23. The Balaban J connectivity index is 1.87. The van der Waals surface area contributed by atoms with Crippen molar-refractivity contribution >= 4 is 21.6 Å². The first kappa shape index (κ1) is 16.4. The van der Waals surface area contributed by atoms with E-state index in [-0.39, 0.29) is 28.9 Å². The molecule has 1 saturated carbocycles. The zero-order chi connectivity index (χ0) is 16.4. The molecule has 1 aliphatic rings. The van der Waals surface area contributed by atoms with Gasteiger partial charge in [-0.2, -0.15) is 4.31 Å². The van der Waals surface area contributed by atoms with Gasteiger partial charge in [0.1, 0.15) is 5.82 Å². The van der Waals surface area contributed by atoms with Crippen molar-refractivity contribution < 1.29 is 12.8 Å². The summed E-state index contributed by atoms with van der Waals surface area (Å²) in [4.78, 5) is 0. The standard InChI is InChI=1S/C17H17ClFNO2S/c18-16-7-4-8-17(19)15(16)11-20(14-9-10-14)23(21,22)12-13-5-2-1-3-6-13/h1-8,14H,9-12H2. The van der Waals surface area contributed by atoms with Crippen molar-refractivity contribution in [1.29, 1.82) is 0 Å². The number of hydrogen-bond acceptors (Lipinski definition) is 2. The van der Waals surface area contributed by atoms with Crippen LogP contribution >= 0.6 is 11.6 Å². The molecule has 3 nitrogen and oxygen atoms in total. The molecule has 0 heterocycles. The van der Waals surface area contributed by atoms with E-state index >= 15 is 0 Å². The predicted octanol–water partition coefficient (Wildman–Crippen LogP) is 3.97. The van der Waals surface area contributed by atoms with Crippen molar-refractivity contribution in [3.63, 3.8) is 0 Å². The molecule has 6 heteroatoms. The summed E-state index contributed by atoms with van der Waals surface area (Å²) >= 11 is 6.05. The quantitative estimate of drug-likeness (QED) is 0.787. The lowest BCUT2D eigenvalue weighted by Crippen LogP contribution is -2.34. The summed E-state index contributed by atoms with van der Waals surface area (Å²) < 4.78 is 40.9. The van der Waals surface area contributed by atoms with Gasteiger partial charge in [0.25, 0.3) is 0 Å². The molecule has 0 N–H and O–H groups in total. The highest BCUT2D eigenvalue weighted by atomic mass is 35.5. The summed E-state index contributed by atoms with van der Waals surface area (Å²) in [5.74, 6) is -0.561. The topological polar surface area (TPSA) is 37.4 Å². The predicted molar refractivity (Wildman–Crippen MR) is 89.0 cm³/mol. The van der Waals surface area contributed by atoms with Gasteiger partial charge < -0.3 is 0 Å². The number of benzene rings is 2. The molecule has 0 unspecified atom stereocenters. The van der Waals surface area contributed by atoms with E-state index in [4.69, 9.17) is 11.6 Å². The second kappa shape index (κ2) is 6.59. The molecule has 0 amide bonds. The number of sulfonamides is 1. The summed E-state index contributed by atoms with van der Waals surface area (Å²) in [5, 5.41) is 0.255. The van der Waals surface area contributed by atoms with Gasteiger partial charge >= 0.3 is 0 Å². The molecule has 0 saturated heterocycles. The van der Waals surface area contributed by atoms with E-state index in [0.29, 0.717) is 0 Å². The fourth-order valence-corrected chi connectivity index (χ4v) is 4.52. The van der Waals surface area contributed by atoms with Gasteiger partial charge in [0, 0.05) is 23.2 Å². The largest absolute Gasteiger partial charge is 0.218 e. The van der Waals surface area contributed by atoms with Crippen LogP contribution in [-0.2, 0) is 22.3 Å². The third kappa shape index (κ3) is 3.91. The summed E-state index contributed by atoms with van der Waals surface area (Å²) in [7, 11) is -3.54. The van der Waals surface area contributed by atoms with E-state index in [1.54, 1.807) is 30.3 Å². The number of nitrogens with zero attached hydrogens (tertiary/aromatic N) is 1. The molecular weight excluding hydrogens is 337 g/mol. The molecule has 0 bridgehead atoms. The number of rotatable bonds is 6. The third-order valence-electron chi connectivity index (χ3n) is 3.88. The van der Waals surface area contributed by atoms with Gasteiger partial charge in [-0.25, -0.2) is 12.8 Å². The van der Waals surface area contributed by atoms with Crippen LogP contribution in [0.25, 0.3) is 0 Å². The van der Waals surface area contributed by atoms with Crippen LogP contribution in [0.5, 0.6) is 0 Å². The fraction of sp³-hybridized carbons (Fsp3) is 0.294. The van der Waals surface area contributed by atoms with E-state index in [1.807, 2.05) is 6.07 Å². The van der Waals surface area contributed by atoms with Gasteiger partial charge in [-0.15, -0.1) is 0 Å². The highest BCUT2D eigenvalue weighted by molar-refractivity contribution is 7.88. The monoisotopic (exact) mass is 353 g/mol. The first-order valence-corrected chi connectivity index (χ1v) is 9.42. The van der Waals surface area contributed by atoms with Crippen LogP contribution in [-0.4, -0.2) is 18.8 Å². The van der Waals surface area contributed by atoms with Gasteiger partial charge in [-0.3, -0.25) is 0 Å². The second-order valence-electron chi connectivity index (χ2n) is 5.72. The van der Waals surface area contributed by atoms with Crippen LogP contribution in [0.3, 0.4) is 0 Å². The van der Waals surface area contributed by atoms with Crippen LogP contribution < -0.4 is 0 Å². The average molecular weight is 354 g/mol. The van der Waals surface area contributed by atoms with Crippen LogP contribution in [0, 0.1) is 5.82 Å². The third-order valence-corrected chi connectivity index (χ3v) is 6.07. The van der Waals surface area contributed by atoms with Crippen molar-refractivity contribution in [3.8, 4) is 0 Å². The van der Waals surface area contributed by atoms with E-state index < -0.39 is 15.8 Å². The highest BCUT2D eigenvalue weighted by Gasteiger charge is 2.37. The van der Waals surface area contributed by atoms with Gasteiger partial charge in [-0.1, -0.05) is 48.0 Å². The van der Waals surface area contributed by atoms with Gasteiger partial charge in [0.2, 0.25) is 10.0 Å². The molecule has 0 atom stereocenters. The molecule has 0 spiro atoms. The molecule has 23 heavy (non-hydrogen) atoms. The van der Waals surface area contributed by atoms with E-state index in [9.17, 15) is 12.8 Å². The Morgan fingerprint density at radius 3 is 2.39 bits per heavy atom. The lowest BCUT2D eigenvalue weighted by atomic mass is 10.2. The fourth-order valence-electron chi connectivity index (χ4n) is 2.52. The van der Waals surface area contributed by atoms with Gasteiger partial charge in [0.15, 0.2) is 0 Å². The molecule has 1 fully saturated rings. The molecule has 3 rings (SSSR count). The molecule has 1 aliphatic carbocycles. The van der Waals surface area contributed by atoms with Crippen LogP contribution in [0.2, 0.25) is 5.02 Å². The minimum absolute atomic E-state index is 0.0225. The molecular formula is C17H17ClFNO2S. The Bertz CT molecular complexity index is 771. The Kier molecular flexibility index (Phi) is 4.71. The van der Waals surface area contributed by atoms with Crippen molar-refractivity contribution in [2.24, 2.45) is 0 Å². The zero-order valence-electron chi connectivity index (χ0n) is 12.5. The van der Waals surface area contributed by atoms with E-state index in [1.165, 1.54) is 16.4 Å². The maximum atomic E-state index is 14.0. The number of hydrogen-bond donors (Lipinski definition) is 0. The van der Waals surface area contributed by atoms with E-state index in [2.05, 4.69) is 0 Å². The van der Waals surface area contributed by atoms with E-state index in [0.717, 1.165) is 18.4 Å². The summed E-state index contributed by atoms with van der Waals surface area (Å²) in [6.45, 7) is -0.0225. The summed E-state index contributed by atoms with van der Waals surface area (Å²) in [6, 6.07) is 13.3. The van der Waals surface area contributed by atoms with Gasteiger partial charge in [-0.05, 0) is 30.5 Å². The SMILES string of the molecule is O=S(=O)(Cc1ccccc1)N(Cc1c(F)cccc1Cl)C1CC1. The molecule has 0 aromatic heterocycles. The second-order valence-corrected chi connectivity index (χ2v) is 8.05. The summed E-state index contributed by atoms with van der Waals surface area (Å²) in [5.41, 5.74) is 0.954. The van der Waals surface area contributed by atoms with Crippen molar-refractivity contribution in [3.05, 3.63) is 70.5 Å². The lowest BCUT2D eigenvalue weighted by molar-refractivity contribution is 0.391. The first-order chi connectivity index (χ1) is 11.0. The van der Waals surface area contributed by atoms with Crippen LogP contribution in [0.1, 0.15) is 24.0 Å². The smallest absolute Gasteiger partial charge is 0.212 e. The molecule has 122 valence electrons. The highest BCUT2D eigenvalue weighted by Crippen LogP contribution is 2.33. The molecule has 0 aliphatic heterocycles. The van der Waals surface area contributed by atoms with Crippen LogP contribution in [0.4, 0.5) is 4.39 Å². The van der Waals surface area contributed by atoms with Gasteiger partial charge in [0.05, 0.1) is 5.75 Å². The minimum Gasteiger partial charge on any atom is -0.212 e. The maximum Gasteiger partial charge on any atom is 0.218 e. The zero-order valence-corrected chi connectivity index (χ0v) is 14.0. The Morgan fingerprint density at radius 2 is 1.78 bits per heavy atom. The van der Waals surface area contributed by atoms with Crippen molar-refractivity contribution in [2.45, 2.75) is 31.2 Å². The van der Waals surface area contributed by atoms with Crippen molar-refractivity contribution in [1.82, 2.24) is 4.31 Å². The molecule has 2 aromatic carbocycles. The average Bonchev–Trinajstić information content (AvgIpc) is 3.32. The Labute approximate surface area is 140 Å². The Hall–Kier alpha value is -1.43. The minimum atomic E-state index is -3.54. The first-order valence-electron chi connectivity index (χ1n) is 7.44.